The maximum absolute atomic E-state index is 13.1. The van der Waals surface area contributed by atoms with Gasteiger partial charge in [0.05, 0.1) is 31.3 Å². The van der Waals surface area contributed by atoms with E-state index in [0.717, 1.165) is 29.7 Å². The van der Waals surface area contributed by atoms with Crippen LogP contribution in [-0.2, 0) is 11.3 Å². The predicted molar refractivity (Wildman–Crippen MR) is 135 cm³/mol. The molecule has 1 aromatic heterocycles. The Balaban J connectivity index is 1.77. The van der Waals surface area contributed by atoms with Crippen LogP contribution in [-0.4, -0.2) is 40.5 Å². The first-order valence-corrected chi connectivity index (χ1v) is 12.1. The molecule has 8 heteroatoms. The van der Waals surface area contributed by atoms with E-state index < -0.39 is 0 Å². The lowest BCUT2D eigenvalue weighted by Gasteiger charge is -2.22. The predicted octanol–water partition coefficient (Wildman–Crippen LogP) is 4.11. The molecule has 35 heavy (non-hydrogen) atoms. The molecule has 0 aliphatic rings. The van der Waals surface area contributed by atoms with Crippen LogP contribution in [0.2, 0.25) is 0 Å². The number of aromatic nitrogens is 3. The molecule has 2 N–H and O–H groups in total. The molecule has 0 radical (unpaired) electrons. The molecule has 3 aromatic rings. The number of nitrogens with one attached hydrogen (secondary N) is 2. The minimum absolute atomic E-state index is 0.0958. The molecule has 1 heterocycles. The van der Waals surface area contributed by atoms with Crippen LogP contribution in [0.15, 0.2) is 60.8 Å². The highest BCUT2D eigenvalue weighted by molar-refractivity contribution is 5.91. The monoisotopic (exact) mass is 477 g/mol. The number of carbonyl (C=O) groups excluding carboxylic acids is 2. The highest BCUT2D eigenvalue weighted by Crippen LogP contribution is 2.23. The molecule has 0 saturated carbocycles. The van der Waals surface area contributed by atoms with Crippen molar-refractivity contribution in [2.24, 2.45) is 5.92 Å². The van der Waals surface area contributed by atoms with Gasteiger partial charge in [-0.05, 0) is 42.5 Å². The average Bonchev–Trinajstić information content (AvgIpc) is 3.35. The van der Waals surface area contributed by atoms with E-state index in [9.17, 15) is 9.59 Å². The van der Waals surface area contributed by atoms with E-state index in [1.165, 1.54) is 0 Å². The summed E-state index contributed by atoms with van der Waals surface area (Å²) in [6, 6.07) is 17.0. The smallest absolute Gasteiger partial charge is 0.273 e. The fraction of sp³-hybridized carbons (Fsp3) is 0.407. The number of rotatable bonds is 12. The summed E-state index contributed by atoms with van der Waals surface area (Å²) in [5.41, 5.74) is 2.07. The molecule has 0 spiro atoms. The molecular weight excluding hydrogens is 442 g/mol. The molecule has 0 bridgehead atoms. The van der Waals surface area contributed by atoms with Gasteiger partial charge in [0.1, 0.15) is 5.75 Å². The molecule has 0 aliphatic heterocycles. The summed E-state index contributed by atoms with van der Waals surface area (Å²) >= 11 is 0. The molecule has 2 amide bonds. The topological polar surface area (TPSA) is 98.1 Å². The minimum atomic E-state index is -0.374. The van der Waals surface area contributed by atoms with E-state index in [1.807, 2.05) is 61.5 Å². The van der Waals surface area contributed by atoms with Gasteiger partial charge in [0, 0.05) is 7.05 Å². The second-order valence-electron chi connectivity index (χ2n) is 8.87. The second kappa shape index (κ2) is 12.7. The normalized spacial score (nSPS) is 13.5. The van der Waals surface area contributed by atoms with Crippen LogP contribution in [0.3, 0.4) is 0 Å². The Kier molecular flexibility index (Phi) is 9.40. The van der Waals surface area contributed by atoms with Crippen molar-refractivity contribution in [3.8, 4) is 5.75 Å². The van der Waals surface area contributed by atoms with Crippen molar-refractivity contribution in [2.45, 2.75) is 52.1 Å². The number of nitrogens with zero attached hydrogens (tertiary/aromatic N) is 3. The Labute approximate surface area is 207 Å². The number of ether oxygens (including phenoxy) is 1. The third-order valence-electron chi connectivity index (χ3n) is 5.98. The van der Waals surface area contributed by atoms with Crippen molar-refractivity contribution in [3.63, 3.8) is 0 Å². The van der Waals surface area contributed by atoms with Gasteiger partial charge in [-0.1, -0.05) is 67.9 Å². The first-order valence-electron chi connectivity index (χ1n) is 12.1. The van der Waals surface area contributed by atoms with Gasteiger partial charge < -0.3 is 15.4 Å². The zero-order chi connectivity index (χ0) is 25.2. The summed E-state index contributed by atoms with van der Waals surface area (Å²) in [6.07, 6.45) is 3.84. The van der Waals surface area contributed by atoms with E-state index in [2.05, 4.69) is 34.8 Å². The number of hydrogen-bond acceptors (Lipinski definition) is 5. The van der Waals surface area contributed by atoms with Gasteiger partial charge in [-0.2, -0.15) is 0 Å². The average molecular weight is 478 g/mol. The molecule has 3 atom stereocenters. The van der Waals surface area contributed by atoms with Gasteiger partial charge >= 0.3 is 0 Å². The van der Waals surface area contributed by atoms with Crippen molar-refractivity contribution in [1.82, 2.24) is 25.6 Å². The lowest BCUT2D eigenvalue weighted by molar-refractivity contribution is -0.123. The van der Waals surface area contributed by atoms with Gasteiger partial charge in [0.25, 0.3) is 5.91 Å². The first kappa shape index (κ1) is 25.9. The minimum Gasteiger partial charge on any atom is -0.493 e. The van der Waals surface area contributed by atoms with E-state index in [4.69, 9.17) is 4.74 Å². The zero-order valence-corrected chi connectivity index (χ0v) is 20.9. The number of benzene rings is 2. The summed E-state index contributed by atoms with van der Waals surface area (Å²) in [5, 5.41) is 13.7. The summed E-state index contributed by atoms with van der Waals surface area (Å²) < 4.78 is 7.50. The zero-order valence-electron chi connectivity index (χ0n) is 20.9. The standard InChI is InChI=1S/C27H35N5O3/c1-5-9-19(2)18-35-23-14-12-22(13-15-23)24(16-32-17-25(30-31-32)27(34)28-4)29-26(33)20(3)21-10-7-6-8-11-21/h6-8,10-15,17,19-20,24H,5,9,16,18H2,1-4H3,(H,28,34)(H,29,33)/t19-,20-,24-/m0/s1. The van der Waals surface area contributed by atoms with Gasteiger partial charge in [0.2, 0.25) is 5.91 Å². The van der Waals surface area contributed by atoms with E-state index in [0.29, 0.717) is 19.1 Å². The summed E-state index contributed by atoms with van der Waals surface area (Å²) in [5.74, 6) is 0.559. The fourth-order valence-electron chi connectivity index (χ4n) is 3.84. The van der Waals surface area contributed by atoms with Crippen LogP contribution in [0.25, 0.3) is 0 Å². The van der Waals surface area contributed by atoms with Crippen LogP contribution in [0.5, 0.6) is 5.75 Å². The van der Waals surface area contributed by atoms with E-state index in [-0.39, 0.29) is 29.5 Å². The Bertz CT molecular complexity index is 1080. The molecule has 8 nitrogen and oxygen atoms in total. The van der Waals surface area contributed by atoms with Crippen molar-refractivity contribution in [3.05, 3.63) is 77.6 Å². The molecule has 0 fully saturated rings. The van der Waals surface area contributed by atoms with E-state index >= 15 is 0 Å². The fourth-order valence-corrected chi connectivity index (χ4v) is 3.84. The quantitative estimate of drug-likeness (QED) is 0.409. The number of hydrogen-bond donors (Lipinski definition) is 2. The van der Waals surface area contributed by atoms with Gasteiger partial charge in [0.15, 0.2) is 5.69 Å². The molecule has 0 saturated heterocycles. The Morgan fingerprint density at radius 1 is 1.03 bits per heavy atom. The van der Waals surface area contributed by atoms with Crippen molar-refractivity contribution >= 4 is 11.8 Å². The molecule has 186 valence electrons. The van der Waals surface area contributed by atoms with Crippen LogP contribution < -0.4 is 15.4 Å². The maximum atomic E-state index is 13.1. The second-order valence-corrected chi connectivity index (χ2v) is 8.87. The first-order chi connectivity index (χ1) is 16.9. The van der Waals surface area contributed by atoms with Crippen LogP contribution in [0.4, 0.5) is 0 Å². The third kappa shape index (κ3) is 7.40. The number of carbonyl (C=O) groups is 2. The molecule has 0 aliphatic carbocycles. The lowest BCUT2D eigenvalue weighted by Crippen LogP contribution is -2.34. The summed E-state index contributed by atoms with van der Waals surface area (Å²) in [6.45, 7) is 7.23. The Hall–Kier alpha value is -3.68. The van der Waals surface area contributed by atoms with Crippen molar-refractivity contribution in [1.29, 1.82) is 0 Å². The Morgan fingerprint density at radius 3 is 2.40 bits per heavy atom. The van der Waals surface area contributed by atoms with Crippen molar-refractivity contribution in [2.75, 3.05) is 13.7 Å². The third-order valence-corrected chi connectivity index (χ3v) is 5.98. The van der Waals surface area contributed by atoms with Gasteiger partial charge in [-0.25, -0.2) is 4.68 Å². The molecule has 0 unspecified atom stereocenters. The van der Waals surface area contributed by atoms with Crippen molar-refractivity contribution < 1.29 is 14.3 Å². The summed E-state index contributed by atoms with van der Waals surface area (Å²) in [4.78, 5) is 25.0. The van der Waals surface area contributed by atoms with Gasteiger partial charge in [-0.3, -0.25) is 9.59 Å². The summed E-state index contributed by atoms with van der Waals surface area (Å²) in [7, 11) is 1.54. The molecule has 3 rings (SSSR count). The largest absolute Gasteiger partial charge is 0.493 e. The SMILES string of the molecule is CCC[C@H](C)COc1ccc([C@H](Cn2cc(C(=O)NC)nn2)NC(=O)[C@@H](C)c2ccccc2)cc1. The van der Waals surface area contributed by atoms with Crippen LogP contribution >= 0.6 is 0 Å². The highest BCUT2D eigenvalue weighted by atomic mass is 16.5. The maximum Gasteiger partial charge on any atom is 0.273 e. The van der Waals surface area contributed by atoms with Gasteiger partial charge in [-0.15, -0.1) is 5.10 Å². The van der Waals surface area contributed by atoms with Crippen LogP contribution in [0.1, 0.15) is 67.2 Å². The highest BCUT2D eigenvalue weighted by Gasteiger charge is 2.22. The molecule has 2 aromatic carbocycles. The lowest BCUT2D eigenvalue weighted by atomic mass is 9.99. The van der Waals surface area contributed by atoms with E-state index in [1.54, 1.807) is 17.9 Å². The molecular formula is C27H35N5O3. The number of amides is 2. The van der Waals surface area contributed by atoms with Crippen LogP contribution in [0, 0.1) is 5.92 Å². The Morgan fingerprint density at radius 2 is 1.74 bits per heavy atom.